The second-order valence-corrected chi connectivity index (χ2v) is 6.15. The fourth-order valence-electron chi connectivity index (χ4n) is 2.49. The molecule has 1 aromatic carbocycles. The Bertz CT molecular complexity index is 751. The fourth-order valence-corrected chi connectivity index (χ4v) is 3.54. The summed E-state index contributed by atoms with van der Waals surface area (Å²) < 4.78 is 5.21. The van der Waals surface area contributed by atoms with Crippen LogP contribution in [0, 0.1) is 10.1 Å². The third-order valence-electron chi connectivity index (χ3n) is 3.53. The number of fused-ring (bicyclic) bond motifs is 1. The number of anilines is 1. The summed E-state index contributed by atoms with van der Waals surface area (Å²) in [7, 11) is 0. The first-order valence-corrected chi connectivity index (χ1v) is 8.11. The number of nitrogens with zero attached hydrogens (tertiary/aromatic N) is 2. The average Bonchev–Trinajstić information content (AvgIpc) is 3.08. The summed E-state index contributed by atoms with van der Waals surface area (Å²) in [6.07, 6.45) is 3.04. The van der Waals surface area contributed by atoms with Crippen LogP contribution in [0.1, 0.15) is 34.3 Å². The van der Waals surface area contributed by atoms with Crippen LogP contribution in [0.3, 0.4) is 0 Å². The molecule has 0 bridgehead atoms. The first-order valence-electron chi connectivity index (χ1n) is 7.29. The first kappa shape index (κ1) is 15.4. The Labute approximate surface area is 136 Å². The number of aryl methyl sites for hydroxylation is 2. The number of hydrogen-bond acceptors (Lipinski definition) is 6. The van der Waals surface area contributed by atoms with Crippen molar-refractivity contribution in [2.75, 3.05) is 11.9 Å². The van der Waals surface area contributed by atoms with Crippen LogP contribution in [-0.4, -0.2) is 22.4 Å². The van der Waals surface area contributed by atoms with E-state index < -0.39 is 10.8 Å². The minimum Gasteiger partial charge on any atom is -0.487 e. The zero-order valence-corrected chi connectivity index (χ0v) is 13.3. The summed E-state index contributed by atoms with van der Waals surface area (Å²) in [5.74, 6) is -0.258. The number of nitro groups is 1. The lowest BCUT2D eigenvalue weighted by atomic mass is 10.1. The number of nitro benzene ring substituents is 1. The van der Waals surface area contributed by atoms with Gasteiger partial charge in [0.05, 0.1) is 17.2 Å². The van der Waals surface area contributed by atoms with Crippen LogP contribution >= 0.6 is 11.3 Å². The Balaban J connectivity index is 1.81. The molecular weight excluding hydrogens is 318 g/mol. The van der Waals surface area contributed by atoms with Crippen molar-refractivity contribution in [3.8, 4) is 5.75 Å². The normalized spacial score (nSPS) is 12.7. The predicted molar refractivity (Wildman–Crippen MR) is 86.4 cm³/mol. The molecular formula is C15H15N3O4S. The molecule has 120 valence electrons. The third-order valence-corrected chi connectivity index (χ3v) is 4.61. The van der Waals surface area contributed by atoms with Crippen molar-refractivity contribution in [1.82, 2.24) is 4.98 Å². The Kier molecular flexibility index (Phi) is 4.24. The maximum atomic E-state index is 12.3. The van der Waals surface area contributed by atoms with Gasteiger partial charge in [0.1, 0.15) is 0 Å². The molecule has 8 heteroatoms. The highest BCUT2D eigenvalue weighted by Crippen LogP contribution is 2.31. The molecule has 1 aliphatic rings. The molecule has 3 rings (SSSR count). The van der Waals surface area contributed by atoms with Crippen LogP contribution in [0.4, 0.5) is 10.8 Å². The molecule has 0 atom stereocenters. The van der Waals surface area contributed by atoms with E-state index >= 15 is 0 Å². The molecule has 0 radical (unpaired) electrons. The van der Waals surface area contributed by atoms with Crippen molar-refractivity contribution < 1.29 is 14.5 Å². The summed E-state index contributed by atoms with van der Waals surface area (Å²) in [6, 6.07) is 4.18. The summed E-state index contributed by atoms with van der Waals surface area (Å²) in [5, 5.41) is 14.4. The van der Waals surface area contributed by atoms with E-state index in [0.29, 0.717) is 11.7 Å². The lowest BCUT2D eigenvalue weighted by Crippen LogP contribution is -2.12. The molecule has 1 amide bonds. The van der Waals surface area contributed by atoms with Crippen molar-refractivity contribution in [3.63, 3.8) is 0 Å². The van der Waals surface area contributed by atoms with Gasteiger partial charge < -0.3 is 4.74 Å². The minimum absolute atomic E-state index is 0.155. The van der Waals surface area contributed by atoms with E-state index in [-0.39, 0.29) is 17.0 Å². The third kappa shape index (κ3) is 3.16. The summed E-state index contributed by atoms with van der Waals surface area (Å²) in [5.41, 5.74) is 1.03. The highest BCUT2D eigenvalue weighted by atomic mass is 32.1. The van der Waals surface area contributed by atoms with E-state index in [9.17, 15) is 14.9 Å². The highest BCUT2D eigenvalue weighted by Gasteiger charge is 2.21. The number of aromatic nitrogens is 1. The van der Waals surface area contributed by atoms with E-state index in [1.165, 1.54) is 34.4 Å². The topological polar surface area (TPSA) is 94.4 Å². The van der Waals surface area contributed by atoms with Crippen LogP contribution in [0.2, 0.25) is 0 Å². The monoisotopic (exact) mass is 333 g/mol. The van der Waals surface area contributed by atoms with E-state index in [1.54, 1.807) is 6.92 Å². The van der Waals surface area contributed by atoms with Crippen LogP contribution < -0.4 is 10.1 Å². The van der Waals surface area contributed by atoms with Gasteiger partial charge in [0.15, 0.2) is 10.9 Å². The predicted octanol–water partition coefficient (Wildman–Crippen LogP) is 3.19. The van der Waals surface area contributed by atoms with E-state index in [1.807, 2.05) is 0 Å². The van der Waals surface area contributed by atoms with E-state index in [0.717, 1.165) is 25.0 Å². The van der Waals surface area contributed by atoms with Gasteiger partial charge in [0.2, 0.25) is 0 Å². The van der Waals surface area contributed by atoms with Crippen molar-refractivity contribution in [2.24, 2.45) is 0 Å². The fraction of sp³-hybridized carbons (Fsp3) is 0.333. The van der Waals surface area contributed by atoms with Gasteiger partial charge in [-0.3, -0.25) is 20.2 Å². The summed E-state index contributed by atoms with van der Waals surface area (Å²) in [4.78, 5) is 28.4. The molecule has 0 unspecified atom stereocenters. The highest BCUT2D eigenvalue weighted by molar-refractivity contribution is 7.16. The first-order chi connectivity index (χ1) is 11.1. The van der Waals surface area contributed by atoms with Crippen LogP contribution in [0.25, 0.3) is 0 Å². The number of ether oxygens (including phenoxy) is 1. The Morgan fingerprint density at radius 1 is 1.48 bits per heavy atom. The molecule has 0 aliphatic heterocycles. The van der Waals surface area contributed by atoms with Crippen LogP contribution in [0.5, 0.6) is 5.75 Å². The van der Waals surface area contributed by atoms with Crippen molar-refractivity contribution in [1.29, 1.82) is 0 Å². The molecule has 0 saturated heterocycles. The number of carbonyl (C=O) groups is 1. The number of benzene rings is 1. The van der Waals surface area contributed by atoms with Gasteiger partial charge in [-0.1, -0.05) is 0 Å². The minimum atomic E-state index is -0.556. The van der Waals surface area contributed by atoms with E-state index in [4.69, 9.17) is 4.74 Å². The maximum absolute atomic E-state index is 12.3. The van der Waals surface area contributed by atoms with Crippen LogP contribution in [0.15, 0.2) is 18.2 Å². The van der Waals surface area contributed by atoms with Gasteiger partial charge in [-0.2, -0.15) is 0 Å². The maximum Gasteiger partial charge on any atom is 0.311 e. The molecule has 0 fully saturated rings. The van der Waals surface area contributed by atoms with Crippen molar-refractivity contribution >= 4 is 28.1 Å². The van der Waals surface area contributed by atoms with Gasteiger partial charge in [0.25, 0.3) is 5.91 Å². The zero-order valence-electron chi connectivity index (χ0n) is 12.5. The number of carbonyl (C=O) groups excluding carboxylic acids is 1. The molecule has 0 saturated carbocycles. The van der Waals surface area contributed by atoms with Crippen LogP contribution in [-0.2, 0) is 12.8 Å². The molecule has 1 aliphatic carbocycles. The smallest absolute Gasteiger partial charge is 0.311 e. The largest absolute Gasteiger partial charge is 0.487 e. The Morgan fingerprint density at radius 3 is 3.00 bits per heavy atom. The van der Waals surface area contributed by atoms with Gasteiger partial charge in [-0.05, 0) is 38.3 Å². The molecule has 1 N–H and O–H groups in total. The number of thiazole rings is 1. The quantitative estimate of drug-likeness (QED) is 0.670. The molecule has 7 nitrogen and oxygen atoms in total. The lowest BCUT2D eigenvalue weighted by Gasteiger charge is -2.06. The number of hydrogen-bond donors (Lipinski definition) is 1. The average molecular weight is 333 g/mol. The van der Waals surface area contributed by atoms with Gasteiger partial charge in [-0.25, -0.2) is 4.98 Å². The standard InChI is InChI=1S/C15H15N3O4S/c1-2-22-12-7-6-9(8-11(12)18(20)21)14(19)17-15-16-10-4-3-5-13(10)23-15/h6-8H,2-5H2,1H3,(H,16,17,19). The molecule has 23 heavy (non-hydrogen) atoms. The van der Waals surface area contributed by atoms with E-state index in [2.05, 4.69) is 10.3 Å². The van der Waals surface area contributed by atoms with Crippen molar-refractivity contribution in [3.05, 3.63) is 44.4 Å². The molecule has 1 aromatic heterocycles. The second-order valence-electron chi connectivity index (χ2n) is 5.07. The van der Waals surface area contributed by atoms with Crippen molar-refractivity contribution in [2.45, 2.75) is 26.2 Å². The van der Waals surface area contributed by atoms with Gasteiger partial charge in [-0.15, -0.1) is 11.3 Å². The summed E-state index contributed by atoms with van der Waals surface area (Å²) >= 11 is 1.47. The second kappa shape index (κ2) is 6.33. The molecule has 2 aromatic rings. The zero-order chi connectivity index (χ0) is 16.4. The van der Waals surface area contributed by atoms with Gasteiger partial charge in [0, 0.05) is 16.5 Å². The SMILES string of the molecule is CCOc1ccc(C(=O)Nc2nc3c(s2)CCC3)cc1[N+](=O)[O-]. The number of nitrogens with one attached hydrogen (secondary N) is 1. The number of amides is 1. The molecule has 1 heterocycles. The Hall–Kier alpha value is -2.48. The Morgan fingerprint density at radius 2 is 2.30 bits per heavy atom. The lowest BCUT2D eigenvalue weighted by molar-refractivity contribution is -0.385. The molecule has 0 spiro atoms. The summed E-state index contributed by atoms with van der Waals surface area (Å²) in [6.45, 7) is 2.06. The van der Waals surface area contributed by atoms with Gasteiger partial charge >= 0.3 is 5.69 Å². The number of rotatable bonds is 5.